The average molecular weight is 368 g/mol. The van der Waals surface area contributed by atoms with E-state index in [2.05, 4.69) is 10.6 Å². The molecule has 4 rings (SSSR count). The summed E-state index contributed by atoms with van der Waals surface area (Å²) in [6.45, 7) is 5.02. The zero-order chi connectivity index (χ0) is 18.9. The van der Waals surface area contributed by atoms with Crippen molar-refractivity contribution in [1.82, 2.24) is 5.32 Å². The number of rotatable bonds is 5. The number of carbonyl (C=O) groups excluding carboxylic acids is 1. The highest BCUT2D eigenvalue weighted by atomic mass is 16.6. The molecule has 1 aliphatic carbocycles. The van der Waals surface area contributed by atoms with Crippen LogP contribution in [0.5, 0.6) is 17.2 Å². The molecule has 0 saturated heterocycles. The molecule has 0 spiro atoms. The summed E-state index contributed by atoms with van der Waals surface area (Å²) in [4.78, 5) is 12.6. The molecule has 2 aromatic carbocycles. The van der Waals surface area contributed by atoms with Crippen molar-refractivity contribution < 1.29 is 19.0 Å². The number of nitrogens with one attached hydrogen (secondary N) is 2. The maximum atomic E-state index is 12.6. The van der Waals surface area contributed by atoms with E-state index in [4.69, 9.17) is 14.2 Å². The van der Waals surface area contributed by atoms with Gasteiger partial charge in [0.05, 0.1) is 17.3 Å². The summed E-state index contributed by atoms with van der Waals surface area (Å²) in [6, 6.07) is 13.1. The molecule has 0 unspecified atom stereocenters. The van der Waals surface area contributed by atoms with E-state index < -0.39 is 0 Å². The first-order valence-corrected chi connectivity index (χ1v) is 9.31. The van der Waals surface area contributed by atoms with Crippen LogP contribution in [-0.2, 0) is 5.54 Å². The van der Waals surface area contributed by atoms with Gasteiger partial charge in [0.25, 0.3) is 0 Å². The summed E-state index contributed by atoms with van der Waals surface area (Å²) in [5, 5.41) is 6.03. The van der Waals surface area contributed by atoms with Crippen LogP contribution in [0.25, 0.3) is 0 Å². The second-order valence-corrected chi connectivity index (χ2v) is 7.18. The fourth-order valence-electron chi connectivity index (χ4n) is 3.25. The Labute approximate surface area is 158 Å². The van der Waals surface area contributed by atoms with Gasteiger partial charge < -0.3 is 24.8 Å². The minimum Gasteiger partial charge on any atom is -0.489 e. The average Bonchev–Trinajstić information content (AvgIpc) is 3.43. The maximum Gasteiger partial charge on any atom is 0.320 e. The molecule has 0 atom stereocenters. The molecule has 1 heterocycles. The molecular weight excluding hydrogens is 344 g/mol. The van der Waals surface area contributed by atoms with E-state index in [0.717, 1.165) is 29.9 Å². The van der Waals surface area contributed by atoms with Crippen LogP contribution >= 0.6 is 0 Å². The molecule has 0 aromatic heterocycles. The van der Waals surface area contributed by atoms with Gasteiger partial charge in [0.15, 0.2) is 11.5 Å². The molecular formula is C21H24N2O4. The number of hydrogen-bond donors (Lipinski definition) is 2. The highest BCUT2D eigenvalue weighted by Crippen LogP contribution is 2.48. The van der Waals surface area contributed by atoms with Gasteiger partial charge in [-0.3, -0.25) is 0 Å². The highest BCUT2D eigenvalue weighted by Gasteiger charge is 2.46. The first-order valence-electron chi connectivity index (χ1n) is 9.31. The van der Waals surface area contributed by atoms with Crippen LogP contribution in [0.15, 0.2) is 42.5 Å². The molecule has 2 N–H and O–H groups in total. The number of hydrogen-bond acceptors (Lipinski definition) is 4. The monoisotopic (exact) mass is 368 g/mol. The Bertz CT molecular complexity index is 846. The van der Waals surface area contributed by atoms with Crippen molar-refractivity contribution in [2.75, 3.05) is 18.5 Å². The standard InChI is InChI=1S/C21H24N2O4/c1-14(2)27-17-6-4-3-5-16(17)22-20(24)23-21(9-10-21)15-7-8-18-19(13-15)26-12-11-25-18/h3-8,13-14H,9-12H2,1-2H3,(H2,22,23,24). The van der Waals surface area contributed by atoms with E-state index in [1.54, 1.807) is 0 Å². The van der Waals surface area contributed by atoms with Gasteiger partial charge in [0.1, 0.15) is 19.0 Å². The number of amides is 2. The van der Waals surface area contributed by atoms with Crippen molar-refractivity contribution in [2.24, 2.45) is 0 Å². The lowest BCUT2D eigenvalue weighted by atomic mass is 10.0. The Morgan fingerprint density at radius 2 is 1.81 bits per heavy atom. The number of benzene rings is 2. The zero-order valence-electron chi connectivity index (χ0n) is 15.6. The molecule has 1 fully saturated rings. The third-order valence-corrected chi connectivity index (χ3v) is 4.70. The molecule has 2 aliphatic rings. The van der Waals surface area contributed by atoms with Crippen molar-refractivity contribution in [2.45, 2.75) is 38.3 Å². The number of fused-ring (bicyclic) bond motifs is 1. The largest absolute Gasteiger partial charge is 0.489 e. The first-order chi connectivity index (χ1) is 13.1. The molecule has 27 heavy (non-hydrogen) atoms. The van der Waals surface area contributed by atoms with E-state index >= 15 is 0 Å². The topological polar surface area (TPSA) is 68.8 Å². The van der Waals surface area contributed by atoms with Gasteiger partial charge in [-0.15, -0.1) is 0 Å². The summed E-state index contributed by atoms with van der Waals surface area (Å²) in [6.07, 6.45) is 1.82. The Kier molecular flexibility index (Phi) is 4.56. The Balaban J connectivity index is 1.47. The predicted molar refractivity (Wildman–Crippen MR) is 103 cm³/mol. The minimum absolute atomic E-state index is 0.0310. The third-order valence-electron chi connectivity index (χ3n) is 4.70. The quantitative estimate of drug-likeness (QED) is 0.835. The van der Waals surface area contributed by atoms with Crippen molar-refractivity contribution in [1.29, 1.82) is 0 Å². The van der Waals surface area contributed by atoms with Crippen LogP contribution in [0.1, 0.15) is 32.3 Å². The number of urea groups is 1. The normalized spacial score (nSPS) is 16.6. The Morgan fingerprint density at radius 1 is 1.07 bits per heavy atom. The molecule has 0 radical (unpaired) electrons. The van der Waals surface area contributed by atoms with Crippen molar-refractivity contribution in [3.63, 3.8) is 0 Å². The van der Waals surface area contributed by atoms with Crippen LogP contribution in [0.2, 0.25) is 0 Å². The zero-order valence-corrected chi connectivity index (χ0v) is 15.6. The lowest BCUT2D eigenvalue weighted by Crippen LogP contribution is -2.38. The van der Waals surface area contributed by atoms with Gasteiger partial charge in [-0.25, -0.2) is 4.79 Å². The van der Waals surface area contributed by atoms with Crippen LogP contribution in [0, 0.1) is 0 Å². The van der Waals surface area contributed by atoms with Gasteiger partial charge in [-0.05, 0) is 56.5 Å². The van der Waals surface area contributed by atoms with Gasteiger partial charge in [0, 0.05) is 0 Å². The van der Waals surface area contributed by atoms with Gasteiger partial charge >= 0.3 is 6.03 Å². The number of ether oxygens (including phenoxy) is 3. The first kappa shape index (κ1) is 17.5. The summed E-state index contributed by atoms with van der Waals surface area (Å²) < 4.78 is 17.0. The Hall–Kier alpha value is -2.89. The maximum absolute atomic E-state index is 12.6. The smallest absolute Gasteiger partial charge is 0.320 e. The molecule has 2 aromatic rings. The Morgan fingerprint density at radius 3 is 2.56 bits per heavy atom. The number of para-hydroxylation sites is 2. The van der Waals surface area contributed by atoms with Crippen LogP contribution in [0.4, 0.5) is 10.5 Å². The van der Waals surface area contributed by atoms with Gasteiger partial charge in [0.2, 0.25) is 0 Å². The molecule has 0 bridgehead atoms. The molecule has 1 aliphatic heterocycles. The van der Waals surface area contributed by atoms with Gasteiger partial charge in [-0.1, -0.05) is 18.2 Å². The van der Waals surface area contributed by atoms with E-state index in [1.807, 2.05) is 56.3 Å². The number of carbonyl (C=O) groups is 1. The van der Waals surface area contributed by atoms with Crippen LogP contribution in [0.3, 0.4) is 0 Å². The summed E-state index contributed by atoms with van der Waals surface area (Å²) in [5.74, 6) is 2.15. The van der Waals surface area contributed by atoms with E-state index in [0.29, 0.717) is 24.7 Å². The van der Waals surface area contributed by atoms with E-state index in [9.17, 15) is 4.79 Å². The SMILES string of the molecule is CC(C)Oc1ccccc1NC(=O)NC1(c2ccc3c(c2)OCCO3)CC1. The second-order valence-electron chi connectivity index (χ2n) is 7.18. The van der Waals surface area contributed by atoms with Crippen molar-refractivity contribution >= 4 is 11.7 Å². The van der Waals surface area contributed by atoms with Crippen LogP contribution < -0.4 is 24.8 Å². The lowest BCUT2D eigenvalue weighted by molar-refractivity contribution is 0.171. The molecule has 1 saturated carbocycles. The minimum atomic E-state index is -0.353. The number of anilines is 1. The molecule has 2 amide bonds. The van der Waals surface area contributed by atoms with E-state index in [1.165, 1.54) is 0 Å². The van der Waals surface area contributed by atoms with Gasteiger partial charge in [-0.2, -0.15) is 0 Å². The lowest BCUT2D eigenvalue weighted by Gasteiger charge is -2.23. The van der Waals surface area contributed by atoms with Crippen LogP contribution in [-0.4, -0.2) is 25.3 Å². The summed E-state index contributed by atoms with van der Waals surface area (Å²) >= 11 is 0. The molecule has 6 nitrogen and oxygen atoms in total. The summed E-state index contributed by atoms with van der Waals surface area (Å²) in [7, 11) is 0. The molecule has 142 valence electrons. The third kappa shape index (κ3) is 3.79. The fraction of sp³-hybridized carbons (Fsp3) is 0.381. The fourth-order valence-corrected chi connectivity index (χ4v) is 3.25. The summed E-state index contributed by atoms with van der Waals surface area (Å²) in [5.41, 5.74) is 1.34. The van der Waals surface area contributed by atoms with Crippen molar-refractivity contribution in [3.05, 3.63) is 48.0 Å². The highest BCUT2D eigenvalue weighted by molar-refractivity contribution is 5.91. The predicted octanol–water partition coefficient (Wildman–Crippen LogP) is 4.06. The molecule has 6 heteroatoms. The van der Waals surface area contributed by atoms with Crippen molar-refractivity contribution in [3.8, 4) is 17.2 Å². The second kappa shape index (κ2) is 7.02. The van der Waals surface area contributed by atoms with E-state index in [-0.39, 0.29) is 17.7 Å².